The average Bonchev–Trinajstić information content (AvgIpc) is 1.96. The van der Waals surface area contributed by atoms with Gasteiger partial charge < -0.3 is 0 Å². The van der Waals surface area contributed by atoms with Crippen molar-refractivity contribution in [1.29, 1.82) is 0 Å². The topological polar surface area (TPSA) is 12.9 Å². The lowest BCUT2D eigenvalue weighted by Gasteiger charge is -1.70. The van der Waals surface area contributed by atoms with Crippen LogP contribution in [-0.2, 0) is 0 Å². The molecule has 1 nitrogen and oxygen atoms in total. The van der Waals surface area contributed by atoms with E-state index < -0.39 is 0 Å². The van der Waals surface area contributed by atoms with Crippen molar-refractivity contribution in [1.82, 2.24) is 4.98 Å². The summed E-state index contributed by atoms with van der Waals surface area (Å²) in [6, 6.07) is 5.72. The van der Waals surface area contributed by atoms with Crippen molar-refractivity contribution in [3.05, 3.63) is 30.6 Å². The van der Waals surface area contributed by atoms with E-state index in [0.29, 0.717) is 0 Å². The van der Waals surface area contributed by atoms with E-state index in [1.165, 1.54) is 0 Å². The second kappa shape index (κ2) is 10.6. The Hall–Kier alpha value is -0.370. The summed E-state index contributed by atoms with van der Waals surface area (Å²) < 4.78 is 0. The number of nitrogens with zero attached hydrogens (tertiary/aromatic N) is 1. The molecule has 0 unspecified atom stereocenters. The molecule has 0 aromatic carbocycles. The minimum Gasteiger partial charge on any atom is -0.265 e. The lowest BCUT2D eigenvalue weighted by Crippen LogP contribution is -1.58. The molecule has 0 spiro atoms. The SMILES string of the molecule is Br.CC.c1ccncc1. The fourth-order valence-electron chi connectivity index (χ4n) is 0.313. The summed E-state index contributed by atoms with van der Waals surface area (Å²) in [5, 5.41) is 0. The van der Waals surface area contributed by atoms with Crippen LogP contribution in [-0.4, -0.2) is 4.98 Å². The molecule has 1 aromatic heterocycles. The number of halogens is 1. The van der Waals surface area contributed by atoms with Gasteiger partial charge in [-0.05, 0) is 12.1 Å². The maximum Gasteiger partial charge on any atom is 0.0267 e. The summed E-state index contributed by atoms with van der Waals surface area (Å²) in [7, 11) is 0. The lowest BCUT2D eigenvalue weighted by atomic mass is 10.5. The largest absolute Gasteiger partial charge is 0.265 e. The third-order valence-electron chi connectivity index (χ3n) is 0.566. The van der Waals surface area contributed by atoms with Gasteiger partial charge >= 0.3 is 0 Å². The van der Waals surface area contributed by atoms with E-state index in [0.717, 1.165) is 0 Å². The average molecular weight is 190 g/mol. The molecular weight excluding hydrogens is 178 g/mol. The van der Waals surface area contributed by atoms with Gasteiger partial charge in [0.25, 0.3) is 0 Å². The highest BCUT2D eigenvalue weighted by Crippen LogP contribution is 1.73. The third-order valence-corrected chi connectivity index (χ3v) is 0.566. The molecule has 0 saturated carbocycles. The van der Waals surface area contributed by atoms with Crippen molar-refractivity contribution in [2.75, 3.05) is 0 Å². The van der Waals surface area contributed by atoms with E-state index in [1.807, 2.05) is 32.0 Å². The van der Waals surface area contributed by atoms with Gasteiger partial charge in [-0.2, -0.15) is 0 Å². The van der Waals surface area contributed by atoms with Crippen molar-refractivity contribution in [3.63, 3.8) is 0 Å². The van der Waals surface area contributed by atoms with Gasteiger partial charge in [0, 0.05) is 12.4 Å². The Morgan fingerprint density at radius 3 is 1.44 bits per heavy atom. The Morgan fingerprint density at radius 2 is 1.33 bits per heavy atom. The maximum absolute atomic E-state index is 3.78. The number of aromatic nitrogens is 1. The molecule has 0 radical (unpaired) electrons. The van der Waals surface area contributed by atoms with Gasteiger partial charge in [-0.3, -0.25) is 4.98 Å². The van der Waals surface area contributed by atoms with E-state index >= 15 is 0 Å². The van der Waals surface area contributed by atoms with Gasteiger partial charge in [0.2, 0.25) is 0 Å². The Morgan fingerprint density at radius 1 is 0.889 bits per heavy atom. The zero-order chi connectivity index (χ0) is 6.24. The van der Waals surface area contributed by atoms with E-state index in [1.54, 1.807) is 12.4 Å². The number of hydrogen-bond donors (Lipinski definition) is 0. The first kappa shape index (κ1) is 11.4. The molecular formula is C7H12BrN. The van der Waals surface area contributed by atoms with Crippen LogP contribution in [0.25, 0.3) is 0 Å². The molecule has 1 heterocycles. The Bertz CT molecular complexity index is 80.8. The highest BCUT2D eigenvalue weighted by molar-refractivity contribution is 8.93. The highest BCUT2D eigenvalue weighted by atomic mass is 79.9. The minimum atomic E-state index is 0. The highest BCUT2D eigenvalue weighted by Gasteiger charge is 1.58. The van der Waals surface area contributed by atoms with Crippen LogP contribution in [0.1, 0.15) is 13.8 Å². The van der Waals surface area contributed by atoms with E-state index in [4.69, 9.17) is 0 Å². The van der Waals surface area contributed by atoms with Gasteiger partial charge in [0.15, 0.2) is 0 Å². The summed E-state index contributed by atoms with van der Waals surface area (Å²) in [6.45, 7) is 4.00. The summed E-state index contributed by atoms with van der Waals surface area (Å²) in [6.07, 6.45) is 3.50. The number of rotatable bonds is 0. The quantitative estimate of drug-likeness (QED) is 0.612. The molecule has 0 amide bonds. The first-order valence-electron chi connectivity index (χ1n) is 2.85. The minimum absolute atomic E-state index is 0. The van der Waals surface area contributed by atoms with E-state index in [2.05, 4.69) is 4.98 Å². The van der Waals surface area contributed by atoms with Crippen LogP contribution in [0.4, 0.5) is 0 Å². The van der Waals surface area contributed by atoms with Crippen LogP contribution in [0.2, 0.25) is 0 Å². The Balaban J connectivity index is 0. The van der Waals surface area contributed by atoms with Crippen molar-refractivity contribution < 1.29 is 0 Å². The van der Waals surface area contributed by atoms with Gasteiger partial charge in [-0.1, -0.05) is 19.9 Å². The molecule has 52 valence electrons. The van der Waals surface area contributed by atoms with Crippen molar-refractivity contribution >= 4 is 17.0 Å². The van der Waals surface area contributed by atoms with Crippen molar-refractivity contribution in [2.45, 2.75) is 13.8 Å². The maximum atomic E-state index is 3.78. The van der Waals surface area contributed by atoms with Crippen LogP contribution < -0.4 is 0 Å². The fourth-order valence-corrected chi connectivity index (χ4v) is 0.313. The first-order chi connectivity index (χ1) is 4.00. The molecule has 1 rings (SSSR count). The predicted octanol–water partition coefficient (Wildman–Crippen LogP) is 2.69. The van der Waals surface area contributed by atoms with Gasteiger partial charge in [-0.15, -0.1) is 17.0 Å². The second-order valence-corrected chi connectivity index (χ2v) is 1.02. The van der Waals surface area contributed by atoms with Crippen LogP contribution >= 0.6 is 17.0 Å². The molecule has 0 atom stereocenters. The van der Waals surface area contributed by atoms with Crippen molar-refractivity contribution in [3.8, 4) is 0 Å². The van der Waals surface area contributed by atoms with Crippen molar-refractivity contribution in [2.24, 2.45) is 0 Å². The number of hydrogen-bond acceptors (Lipinski definition) is 1. The molecule has 0 N–H and O–H groups in total. The van der Waals surface area contributed by atoms with Gasteiger partial charge in [0.1, 0.15) is 0 Å². The van der Waals surface area contributed by atoms with Crippen LogP contribution in [0, 0.1) is 0 Å². The Labute approximate surface area is 66.9 Å². The van der Waals surface area contributed by atoms with Gasteiger partial charge in [0.05, 0.1) is 0 Å². The third kappa shape index (κ3) is 7.63. The smallest absolute Gasteiger partial charge is 0.0267 e. The summed E-state index contributed by atoms with van der Waals surface area (Å²) in [5.74, 6) is 0. The van der Waals surface area contributed by atoms with Crippen LogP contribution in [0.5, 0.6) is 0 Å². The monoisotopic (exact) mass is 189 g/mol. The predicted molar refractivity (Wildman–Crippen MR) is 45.9 cm³/mol. The first-order valence-corrected chi connectivity index (χ1v) is 2.85. The molecule has 0 bridgehead atoms. The van der Waals surface area contributed by atoms with Crippen LogP contribution in [0.15, 0.2) is 30.6 Å². The van der Waals surface area contributed by atoms with Crippen LogP contribution in [0.3, 0.4) is 0 Å². The standard InChI is InChI=1S/C5H5N.C2H6.BrH/c1-2-4-6-5-3-1;1-2;/h1-5H;1-2H3;1H. The molecule has 9 heavy (non-hydrogen) atoms. The van der Waals surface area contributed by atoms with E-state index in [-0.39, 0.29) is 17.0 Å². The second-order valence-electron chi connectivity index (χ2n) is 1.02. The number of pyridine rings is 1. The Kier molecular flexibility index (Phi) is 13.4. The normalized spacial score (nSPS) is 6.00. The summed E-state index contributed by atoms with van der Waals surface area (Å²) >= 11 is 0. The van der Waals surface area contributed by atoms with Gasteiger partial charge in [-0.25, -0.2) is 0 Å². The zero-order valence-corrected chi connectivity index (χ0v) is 7.46. The summed E-state index contributed by atoms with van der Waals surface area (Å²) in [4.78, 5) is 3.78. The fraction of sp³-hybridized carbons (Fsp3) is 0.286. The molecule has 1 aromatic rings. The molecule has 2 heteroatoms. The molecule has 0 fully saturated rings. The molecule has 0 aliphatic heterocycles. The summed E-state index contributed by atoms with van der Waals surface area (Å²) in [5.41, 5.74) is 0. The molecule has 0 aliphatic carbocycles. The molecule has 0 saturated heterocycles. The lowest BCUT2D eigenvalue weighted by molar-refractivity contribution is 1.33. The van der Waals surface area contributed by atoms with E-state index in [9.17, 15) is 0 Å². The molecule has 0 aliphatic rings. The zero-order valence-electron chi connectivity index (χ0n) is 5.74.